The number of carbonyl (C=O) groups excluding carboxylic acids is 1. The van der Waals surface area contributed by atoms with Crippen LogP contribution in [0, 0.1) is 11.6 Å². The minimum Gasteiger partial charge on any atom is -0.474 e. The standard InChI is InChI=1S/C19H20F2N6O3/c1-25-16-8-22-26(2)19(16)30-10-15(18(25)29)23-17(28)14-5-6-27(24-14)9-11-3-4-12(20)13(21)7-11/h3-8,15,17,23,28H,9-10H2,1-2H3/t15-,17?/m0/s1. The van der Waals surface area contributed by atoms with Crippen molar-refractivity contribution in [3.05, 3.63) is 59.6 Å². The van der Waals surface area contributed by atoms with Crippen molar-refractivity contribution in [2.75, 3.05) is 18.6 Å². The number of aromatic nitrogens is 4. The number of ether oxygens (including phenoxy) is 1. The maximum atomic E-state index is 13.4. The summed E-state index contributed by atoms with van der Waals surface area (Å²) in [6, 6.07) is 4.36. The molecule has 0 radical (unpaired) electrons. The topological polar surface area (TPSA) is 97.4 Å². The third-order valence-electron chi connectivity index (χ3n) is 4.87. The van der Waals surface area contributed by atoms with Crippen LogP contribution in [0.5, 0.6) is 5.88 Å². The summed E-state index contributed by atoms with van der Waals surface area (Å²) in [6.45, 7) is 0.197. The van der Waals surface area contributed by atoms with E-state index in [9.17, 15) is 18.7 Å². The molecule has 2 aromatic heterocycles. The van der Waals surface area contributed by atoms with Gasteiger partial charge in [0.1, 0.15) is 24.0 Å². The van der Waals surface area contributed by atoms with Gasteiger partial charge in [-0.2, -0.15) is 10.2 Å². The summed E-state index contributed by atoms with van der Waals surface area (Å²) in [5.74, 6) is -1.69. The number of nitrogens with zero attached hydrogens (tertiary/aromatic N) is 5. The molecule has 1 amide bonds. The van der Waals surface area contributed by atoms with E-state index in [-0.39, 0.29) is 24.8 Å². The molecule has 9 nitrogen and oxygen atoms in total. The molecule has 0 saturated heterocycles. The molecule has 0 fully saturated rings. The van der Waals surface area contributed by atoms with E-state index >= 15 is 0 Å². The fourth-order valence-electron chi connectivity index (χ4n) is 3.23. The first-order valence-electron chi connectivity index (χ1n) is 9.17. The van der Waals surface area contributed by atoms with Gasteiger partial charge in [0, 0.05) is 20.3 Å². The van der Waals surface area contributed by atoms with Gasteiger partial charge >= 0.3 is 0 Å². The number of likely N-dealkylation sites (N-methyl/N-ethyl adjacent to an activating group) is 1. The summed E-state index contributed by atoms with van der Waals surface area (Å²) in [5, 5.41) is 21.6. The maximum absolute atomic E-state index is 13.4. The molecular weight excluding hydrogens is 398 g/mol. The van der Waals surface area contributed by atoms with Crippen LogP contribution < -0.4 is 15.0 Å². The number of amides is 1. The zero-order valence-electron chi connectivity index (χ0n) is 16.3. The minimum atomic E-state index is -1.23. The fraction of sp³-hybridized carbons (Fsp3) is 0.316. The van der Waals surface area contributed by atoms with E-state index in [1.54, 1.807) is 26.4 Å². The van der Waals surface area contributed by atoms with Crippen molar-refractivity contribution in [1.82, 2.24) is 24.9 Å². The molecule has 1 aliphatic rings. The number of aryl methyl sites for hydroxylation is 1. The Bertz CT molecular complexity index is 1080. The summed E-state index contributed by atoms with van der Waals surface area (Å²) in [6.07, 6.45) is 1.90. The first kappa shape index (κ1) is 20.0. The molecule has 1 aliphatic heterocycles. The average Bonchev–Trinajstić information content (AvgIpc) is 3.31. The summed E-state index contributed by atoms with van der Waals surface area (Å²) in [4.78, 5) is 14.2. The molecule has 2 atom stereocenters. The number of benzene rings is 1. The summed E-state index contributed by atoms with van der Waals surface area (Å²) < 4.78 is 35.1. The van der Waals surface area contributed by atoms with Crippen LogP contribution in [0.15, 0.2) is 36.7 Å². The van der Waals surface area contributed by atoms with E-state index in [4.69, 9.17) is 4.74 Å². The van der Waals surface area contributed by atoms with Crippen molar-refractivity contribution < 1.29 is 23.4 Å². The van der Waals surface area contributed by atoms with Gasteiger partial charge in [0.05, 0.1) is 12.7 Å². The normalized spacial score (nSPS) is 17.4. The third kappa shape index (κ3) is 3.76. The largest absolute Gasteiger partial charge is 0.474 e. The molecule has 0 spiro atoms. The average molecular weight is 418 g/mol. The van der Waals surface area contributed by atoms with Crippen molar-refractivity contribution in [2.24, 2.45) is 7.05 Å². The number of anilines is 1. The van der Waals surface area contributed by atoms with Gasteiger partial charge in [-0.05, 0) is 23.8 Å². The summed E-state index contributed by atoms with van der Waals surface area (Å²) in [7, 11) is 3.31. The molecular formula is C19H20F2N6O3. The van der Waals surface area contributed by atoms with Gasteiger partial charge in [0.25, 0.3) is 0 Å². The van der Waals surface area contributed by atoms with Gasteiger partial charge < -0.3 is 14.7 Å². The van der Waals surface area contributed by atoms with Gasteiger partial charge in [-0.25, -0.2) is 13.5 Å². The zero-order chi connectivity index (χ0) is 21.4. The van der Waals surface area contributed by atoms with Crippen molar-refractivity contribution in [2.45, 2.75) is 18.8 Å². The van der Waals surface area contributed by atoms with Gasteiger partial charge in [-0.1, -0.05) is 6.07 Å². The Hall–Kier alpha value is -3.31. The number of hydrogen-bond acceptors (Lipinski definition) is 6. The lowest BCUT2D eigenvalue weighted by molar-refractivity contribution is -0.121. The summed E-state index contributed by atoms with van der Waals surface area (Å²) >= 11 is 0. The van der Waals surface area contributed by atoms with Crippen molar-refractivity contribution >= 4 is 11.6 Å². The lowest BCUT2D eigenvalue weighted by Gasteiger charge is -2.21. The first-order valence-corrected chi connectivity index (χ1v) is 9.17. The molecule has 4 rings (SSSR count). The highest BCUT2D eigenvalue weighted by atomic mass is 19.2. The second-order valence-corrected chi connectivity index (χ2v) is 6.98. The van der Waals surface area contributed by atoms with E-state index < -0.39 is 23.9 Å². The lowest BCUT2D eigenvalue weighted by atomic mass is 10.2. The van der Waals surface area contributed by atoms with Crippen LogP contribution in [0.25, 0.3) is 0 Å². The SMILES string of the molecule is CN1C(=O)[C@@H](NC(O)c2ccn(Cc3ccc(F)c(F)c3)n2)COc2c1cnn2C. The lowest BCUT2D eigenvalue weighted by Crippen LogP contribution is -2.48. The molecule has 2 N–H and O–H groups in total. The quantitative estimate of drug-likeness (QED) is 0.599. The van der Waals surface area contributed by atoms with E-state index in [0.717, 1.165) is 12.1 Å². The molecule has 158 valence electrons. The minimum absolute atomic E-state index is 0.00231. The Morgan fingerprint density at radius 1 is 1.30 bits per heavy atom. The number of nitrogens with one attached hydrogen (secondary N) is 1. The maximum Gasteiger partial charge on any atom is 0.247 e. The summed E-state index contributed by atoms with van der Waals surface area (Å²) in [5.41, 5.74) is 1.33. The Kier molecular flexibility index (Phi) is 5.22. The number of carbonyl (C=O) groups is 1. The molecule has 0 aliphatic carbocycles. The van der Waals surface area contributed by atoms with Crippen molar-refractivity contribution in [3.63, 3.8) is 0 Å². The second-order valence-electron chi connectivity index (χ2n) is 6.98. The highest BCUT2D eigenvalue weighted by molar-refractivity contribution is 5.98. The predicted octanol–water partition coefficient (Wildman–Crippen LogP) is 0.948. The molecule has 11 heteroatoms. The number of halogens is 2. The molecule has 1 aromatic carbocycles. The molecule has 3 aromatic rings. The van der Waals surface area contributed by atoms with Crippen LogP contribution in [0.3, 0.4) is 0 Å². The number of hydrogen-bond donors (Lipinski definition) is 2. The molecule has 3 heterocycles. The van der Waals surface area contributed by atoms with Crippen LogP contribution in [0.2, 0.25) is 0 Å². The van der Waals surface area contributed by atoms with Crippen molar-refractivity contribution in [3.8, 4) is 5.88 Å². The molecule has 1 unspecified atom stereocenters. The van der Waals surface area contributed by atoms with Crippen molar-refractivity contribution in [1.29, 1.82) is 0 Å². The van der Waals surface area contributed by atoms with E-state index in [1.807, 2.05) is 0 Å². The van der Waals surface area contributed by atoms with Crippen LogP contribution in [-0.4, -0.2) is 50.3 Å². The van der Waals surface area contributed by atoms with E-state index in [0.29, 0.717) is 17.1 Å². The molecule has 0 saturated carbocycles. The number of fused-ring (bicyclic) bond motifs is 1. The Morgan fingerprint density at radius 3 is 2.87 bits per heavy atom. The second kappa shape index (κ2) is 7.84. The van der Waals surface area contributed by atoms with Gasteiger partial charge in [0.2, 0.25) is 11.8 Å². The van der Waals surface area contributed by atoms with E-state index in [1.165, 1.54) is 26.5 Å². The Labute approximate surface area is 170 Å². The molecule has 0 bridgehead atoms. The smallest absolute Gasteiger partial charge is 0.247 e. The highest BCUT2D eigenvalue weighted by Crippen LogP contribution is 2.29. The Morgan fingerprint density at radius 2 is 2.10 bits per heavy atom. The zero-order valence-corrected chi connectivity index (χ0v) is 16.3. The number of aliphatic hydroxyl groups excluding tert-OH is 1. The van der Waals surface area contributed by atoms with E-state index in [2.05, 4.69) is 15.5 Å². The van der Waals surface area contributed by atoms with Gasteiger partial charge in [-0.15, -0.1) is 0 Å². The first-order chi connectivity index (χ1) is 14.3. The fourth-order valence-corrected chi connectivity index (χ4v) is 3.23. The highest BCUT2D eigenvalue weighted by Gasteiger charge is 2.33. The van der Waals surface area contributed by atoms with Crippen LogP contribution >= 0.6 is 0 Å². The Balaban J connectivity index is 1.43. The third-order valence-corrected chi connectivity index (χ3v) is 4.87. The van der Waals surface area contributed by atoms with Gasteiger partial charge in [-0.3, -0.25) is 14.8 Å². The van der Waals surface area contributed by atoms with Crippen LogP contribution in [-0.2, 0) is 18.4 Å². The van der Waals surface area contributed by atoms with Gasteiger partial charge in [0.15, 0.2) is 17.9 Å². The van der Waals surface area contributed by atoms with Crippen LogP contribution in [0.1, 0.15) is 17.5 Å². The predicted molar refractivity (Wildman–Crippen MR) is 102 cm³/mol. The van der Waals surface area contributed by atoms with Crippen LogP contribution in [0.4, 0.5) is 14.5 Å². The monoisotopic (exact) mass is 418 g/mol. The number of rotatable bonds is 5. The number of aliphatic hydroxyl groups is 1. The molecule has 30 heavy (non-hydrogen) atoms.